The molecule has 1 saturated heterocycles. The van der Waals surface area contributed by atoms with Crippen LogP contribution in [-0.4, -0.2) is 72.5 Å². The van der Waals surface area contributed by atoms with Crippen molar-refractivity contribution in [2.75, 3.05) is 44.2 Å². The zero-order valence-corrected chi connectivity index (χ0v) is 20.1. The number of hydrogen-bond donors (Lipinski definition) is 0. The molecule has 7 nitrogen and oxygen atoms in total. The van der Waals surface area contributed by atoms with Gasteiger partial charge in [-0.1, -0.05) is 18.9 Å². The molecule has 174 valence electrons. The predicted molar refractivity (Wildman–Crippen MR) is 127 cm³/mol. The van der Waals surface area contributed by atoms with Gasteiger partial charge in [0.25, 0.3) is 10.0 Å². The van der Waals surface area contributed by atoms with Crippen LogP contribution in [0.25, 0.3) is 0 Å². The lowest BCUT2D eigenvalue weighted by Crippen LogP contribution is -2.48. The van der Waals surface area contributed by atoms with E-state index in [0.29, 0.717) is 32.0 Å². The van der Waals surface area contributed by atoms with Gasteiger partial charge in [-0.15, -0.1) is 0 Å². The fourth-order valence-corrected chi connectivity index (χ4v) is 6.98. The molecule has 0 atom stereocenters. The van der Waals surface area contributed by atoms with Gasteiger partial charge in [-0.2, -0.15) is 4.31 Å². The summed E-state index contributed by atoms with van der Waals surface area (Å²) < 4.78 is 29.3. The molecular formula is C24H35N5O2S. The van der Waals surface area contributed by atoms with Gasteiger partial charge in [0, 0.05) is 64.2 Å². The average molecular weight is 458 g/mol. The van der Waals surface area contributed by atoms with E-state index in [2.05, 4.69) is 33.0 Å². The number of benzene rings is 1. The predicted octanol–water partition coefficient (Wildman–Crippen LogP) is 2.58. The van der Waals surface area contributed by atoms with Crippen molar-refractivity contribution in [2.45, 2.75) is 56.5 Å². The third-order valence-corrected chi connectivity index (χ3v) is 9.43. The molecule has 0 spiro atoms. The Morgan fingerprint density at radius 2 is 1.62 bits per heavy atom. The Kier molecular flexibility index (Phi) is 6.03. The molecule has 1 aromatic heterocycles. The standard InChI is InChI=1S/C24H35N5O2S/c1-19-25-24(18-26(19)2)32(30,31)29-15-13-28(14-16-29)23-8-7-20-9-11-27(12-10-21(20)17-23)22-5-3-4-6-22/h7-8,17-18,22H,3-6,9-16H2,1-2H3. The summed E-state index contributed by atoms with van der Waals surface area (Å²) in [5, 5.41) is 0.155. The summed E-state index contributed by atoms with van der Waals surface area (Å²) in [7, 11) is -1.71. The Morgan fingerprint density at radius 3 is 2.28 bits per heavy atom. The zero-order chi connectivity index (χ0) is 22.3. The minimum Gasteiger partial charge on any atom is -0.369 e. The second-order valence-corrected chi connectivity index (χ2v) is 11.4. The highest BCUT2D eigenvalue weighted by Gasteiger charge is 2.31. The van der Waals surface area contributed by atoms with Crippen molar-refractivity contribution in [1.82, 2.24) is 18.8 Å². The van der Waals surface area contributed by atoms with E-state index in [0.717, 1.165) is 25.4 Å². The van der Waals surface area contributed by atoms with Gasteiger partial charge < -0.3 is 9.47 Å². The van der Waals surface area contributed by atoms with E-state index in [9.17, 15) is 8.42 Å². The van der Waals surface area contributed by atoms with Gasteiger partial charge in [0.2, 0.25) is 0 Å². The summed E-state index contributed by atoms with van der Waals surface area (Å²) in [6.07, 6.45) is 9.38. The minimum atomic E-state index is -3.53. The Labute approximate surface area is 192 Å². The molecule has 1 aliphatic carbocycles. The second-order valence-electron chi connectivity index (χ2n) is 9.56. The molecule has 0 bridgehead atoms. The molecule has 1 aromatic carbocycles. The quantitative estimate of drug-likeness (QED) is 0.706. The maximum atomic E-state index is 13.0. The first-order chi connectivity index (χ1) is 15.4. The van der Waals surface area contributed by atoms with Gasteiger partial charge in [-0.3, -0.25) is 4.90 Å². The van der Waals surface area contributed by atoms with Crippen LogP contribution in [0.1, 0.15) is 42.6 Å². The fraction of sp³-hybridized carbons (Fsp3) is 0.625. The molecule has 0 N–H and O–H groups in total. The Balaban J connectivity index is 1.24. The molecule has 32 heavy (non-hydrogen) atoms. The summed E-state index contributed by atoms with van der Waals surface area (Å²) in [5.74, 6) is 0.707. The summed E-state index contributed by atoms with van der Waals surface area (Å²) in [6, 6.07) is 7.69. The summed E-state index contributed by atoms with van der Waals surface area (Å²) >= 11 is 0. The van der Waals surface area contributed by atoms with Crippen molar-refractivity contribution in [2.24, 2.45) is 7.05 Å². The van der Waals surface area contributed by atoms with Crippen LogP contribution in [0.5, 0.6) is 0 Å². The Bertz CT molecular complexity index is 1050. The first-order valence-electron chi connectivity index (χ1n) is 12.0. The van der Waals surface area contributed by atoms with Crippen molar-refractivity contribution in [1.29, 1.82) is 0 Å². The lowest BCUT2D eigenvalue weighted by Gasteiger charge is -2.35. The third-order valence-electron chi connectivity index (χ3n) is 7.66. The number of aryl methyl sites for hydroxylation is 2. The van der Waals surface area contributed by atoms with E-state index >= 15 is 0 Å². The highest BCUT2D eigenvalue weighted by atomic mass is 32.2. The van der Waals surface area contributed by atoms with Crippen LogP contribution < -0.4 is 4.90 Å². The van der Waals surface area contributed by atoms with Crippen LogP contribution in [0, 0.1) is 6.92 Å². The smallest absolute Gasteiger partial charge is 0.262 e. The summed E-state index contributed by atoms with van der Waals surface area (Å²) in [5.41, 5.74) is 4.19. The number of nitrogens with zero attached hydrogens (tertiary/aromatic N) is 5. The van der Waals surface area contributed by atoms with Crippen LogP contribution in [0.15, 0.2) is 29.4 Å². The highest BCUT2D eigenvalue weighted by molar-refractivity contribution is 7.89. The molecule has 0 unspecified atom stereocenters. The largest absolute Gasteiger partial charge is 0.369 e. The summed E-state index contributed by atoms with van der Waals surface area (Å²) in [4.78, 5) is 9.29. The van der Waals surface area contributed by atoms with Crippen LogP contribution >= 0.6 is 0 Å². The molecule has 0 radical (unpaired) electrons. The number of piperazine rings is 1. The van der Waals surface area contributed by atoms with Gasteiger partial charge in [-0.25, -0.2) is 13.4 Å². The molecule has 1 saturated carbocycles. The first kappa shape index (κ1) is 21.9. The lowest BCUT2D eigenvalue weighted by molar-refractivity contribution is 0.208. The van der Waals surface area contributed by atoms with E-state index in [-0.39, 0.29) is 5.03 Å². The van der Waals surface area contributed by atoms with Crippen molar-refractivity contribution < 1.29 is 8.42 Å². The number of imidazole rings is 1. The molecule has 0 amide bonds. The molecule has 2 aromatic rings. The van der Waals surface area contributed by atoms with E-state index in [4.69, 9.17) is 0 Å². The molecular weight excluding hydrogens is 422 g/mol. The van der Waals surface area contributed by atoms with E-state index < -0.39 is 10.0 Å². The topological polar surface area (TPSA) is 61.7 Å². The van der Waals surface area contributed by atoms with Crippen LogP contribution in [0.2, 0.25) is 0 Å². The van der Waals surface area contributed by atoms with E-state index in [1.54, 1.807) is 15.1 Å². The molecule has 3 heterocycles. The van der Waals surface area contributed by atoms with Gasteiger partial charge in [0.15, 0.2) is 5.03 Å². The Hall–Kier alpha value is -1.90. The highest BCUT2D eigenvalue weighted by Crippen LogP contribution is 2.29. The minimum absolute atomic E-state index is 0.155. The number of aromatic nitrogens is 2. The Morgan fingerprint density at radius 1 is 0.938 bits per heavy atom. The SMILES string of the molecule is Cc1nc(S(=O)(=O)N2CCN(c3ccc4c(c3)CCN(C3CCCC3)CC4)CC2)cn1C. The molecule has 8 heteroatoms. The van der Waals surface area contributed by atoms with Crippen LogP contribution in [0.4, 0.5) is 5.69 Å². The van der Waals surface area contributed by atoms with Crippen molar-refractivity contribution in [3.05, 3.63) is 41.3 Å². The fourth-order valence-electron chi connectivity index (χ4n) is 5.53. The maximum absolute atomic E-state index is 13.0. The number of anilines is 1. The van der Waals surface area contributed by atoms with Crippen molar-refractivity contribution >= 4 is 15.7 Å². The van der Waals surface area contributed by atoms with Crippen LogP contribution in [0.3, 0.4) is 0 Å². The number of sulfonamides is 1. The normalized spacial score (nSPS) is 21.6. The molecule has 2 aliphatic heterocycles. The van der Waals surface area contributed by atoms with Gasteiger partial charge >= 0.3 is 0 Å². The molecule has 2 fully saturated rings. The van der Waals surface area contributed by atoms with Crippen LogP contribution in [-0.2, 0) is 29.9 Å². The van der Waals surface area contributed by atoms with Gasteiger partial charge in [0.1, 0.15) is 5.82 Å². The third kappa shape index (κ3) is 4.20. The monoisotopic (exact) mass is 457 g/mol. The summed E-state index contributed by atoms with van der Waals surface area (Å²) in [6.45, 7) is 6.56. The molecule has 3 aliphatic rings. The van der Waals surface area contributed by atoms with Gasteiger partial charge in [0.05, 0.1) is 0 Å². The number of hydrogen-bond acceptors (Lipinski definition) is 5. The zero-order valence-electron chi connectivity index (χ0n) is 19.3. The first-order valence-corrected chi connectivity index (χ1v) is 13.5. The van der Waals surface area contributed by atoms with E-state index in [1.165, 1.54) is 49.0 Å². The lowest BCUT2D eigenvalue weighted by atomic mass is 10.0. The van der Waals surface area contributed by atoms with E-state index in [1.807, 2.05) is 14.0 Å². The number of rotatable bonds is 4. The number of fused-ring (bicyclic) bond motifs is 1. The molecule has 5 rings (SSSR count). The van der Waals surface area contributed by atoms with Gasteiger partial charge in [-0.05, 0) is 55.9 Å². The second kappa shape index (κ2) is 8.80. The van der Waals surface area contributed by atoms with Crippen molar-refractivity contribution in [3.63, 3.8) is 0 Å². The average Bonchev–Trinajstić information content (AvgIpc) is 3.39. The van der Waals surface area contributed by atoms with Crippen molar-refractivity contribution in [3.8, 4) is 0 Å². The maximum Gasteiger partial charge on any atom is 0.262 e.